The number of rotatable bonds is 0. The summed E-state index contributed by atoms with van der Waals surface area (Å²) >= 11 is 0. The molecule has 6 heavy (non-hydrogen) atoms. The maximum Gasteiger partial charge on any atom is 0.0680 e. The molecule has 0 amide bonds. The van der Waals surface area contributed by atoms with Gasteiger partial charge in [0.25, 0.3) is 0 Å². The minimum absolute atomic E-state index is 0.948. The van der Waals surface area contributed by atoms with Gasteiger partial charge in [0.2, 0.25) is 0 Å². The number of nitriles is 1. The van der Waals surface area contributed by atoms with Crippen LogP contribution in [-0.4, -0.2) is 0 Å². The van der Waals surface area contributed by atoms with E-state index in [0.717, 1.165) is 6.07 Å². The average Bonchev–Trinajstić information content (AvgIpc) is 1.76. The molecule has 34 valence electrons. The summed E-state index contributed by atoms with van der Waals surface area (Å²) in [5.41, 5.74) is -3.34. The fourth-order valence-corrected chi connectivity index (χ4v) is 0. The van der Waals surface area contributed by atoms with Crippen LogP contribution in [0.1, 0.15) is 32.9 Å². The van der Waals surface area contributed by atoms with E-state index in [1.54, 1.807) is 0 Å². The van der Waals surface area contributed by atoms with E-state index in [1.165, 1.54) is 0 Å². The normalized spacial score (nSPS) is 38.8. The first-order valence-electron chi connectivity index (χ1n) is 5.72. The lowest BCUT2D eigenvalue weighted by molar-refractivity contribution is 0.561. The standard InChI is InChI=1S/C5H9N/c1-5(2,3)4-6/h1-3H3/i1D3,2D3,3D3. The lowest BCUT2D eigenvalue weighted by Gasteiger charge is -2.01. The van der Waals surface area contributed by atoms with Gasteiger partial charge < -0.3 is 0 Å². The summed E-state index contributed by atoms with van der Waals surface area (Å²) in [7, 11) is 0. The lowest BCUT2D eigenvalue weighted by Crippen LogP contribution is -1.97. The van der Waals surface area contributed by atoms with Crippen molar-refractivity contribution in [2.24, 2.45) is 5.41 Å². The molecular formula is C5H9N. The van der Waals surface area contributed by atoms with E-state index in [0.29, 0.717) is 0 Å². The zero-order valence-corrected chi connectivity index (χ0v) is 2.95. The highest BCUT2D eigenvalue weighted by atomic mass is 14.3. The van der Waals surface area contributed by atoms with Crippen LogP contribution in [0.4, 0.5) is 0 Å². The third kappa shape index (κ3) is 3.49. The monoisotopic (exact) mass is 92.1 g/mol. The molecule has 1 nitrogen and oxygen atoms in total. The Morgan fingerprint density at radius 1 is 1.67 bits per heavy atom. The van der Waals surface area contributed by atoms with Gasteiger partial charge in [-0.3, -0.25) is 0 Å². The summed E-state index contributed by atoms with van der Waals surface area (Å²) in [5, 5.41) is 8.65. The molecule has 0 rings (SSSR count). The Morgan fingerprint density at radius 3 is 2.17 bits per heavy atom. The molecule has 0 unspecified atom stereocenters. The molecule has 0 atom stereocenters. The van der Waals surface area contributed by atoms with Crippen LogP contribution in [0.2, 0.25) is 0 Å². The summed E-state index contributed by atoms with van der Waals surface area (Å²) in [6.45, 7) is -10.2. The van der Waals surface area contributed by atoms with Crippen molar-refractivity contribution in [3.05, 3.63) is 0 Å². The van der Waals surface area contributed by atoms with Gasteiger partial charge in [0.05, 0.1) is 6.07 Å². The molecule has 0 heterocycles. The molecule has 0 spiro atoms. The third-order valence-corrected chi connectivity index (χ3v) is 0.168. The molecule has 0 aromatic carbocycles. The summed E-state index contributed by atoms with van der Waals surface area (Å²) in [4.78, 5) is 0. The second-order valence-corrected chi connectivity index (χ2v) is 0.862. The van der Waals surface area contributed by atoms with Gasteiger partial charge in [0, 0.05) is 17.8 Å². The van der Waals surface area contributed by atoms with Crippen molar-refractivity contribution < 1.29 is 12.3 Å². The van der Waals surface area contributed by atoms with Crippen molar-refractivity contribution in [2.45, 2.75) is 20.6 Å². The SMILES string of the molecule is [2H]C([2H])([2H])C(C#N)(C([2H])([2H])[2H])C([2H])([2H])[2H]. The van der Waals surface area contributed by atoms with E-state index in [9.17, 15) is 0 Å². The number of nitrogens with zero attached hydrogens (tertiary/aromatic N) is 1. The predicted octanol–water partition coefficient (Wildman–Crippen LogP) is 1.56. The highest BCUT2D eigenvalue weighted by molar-refractivity contribution is 4.86. The lowest BCUT2D eigenvalue weighted by atomic mass is 10.0. The van der Waals surface area contributed by atoms with Crippen molar-refractivity contribution in [3.63, 3.8) is 0 Å². The molecule has 0 saturated carbocycles. The van der Waals surface area contributed by atoms with E-state index in [2.05, 4.69) is 0 Å². The molecule has 0 fully saturated rings. The van der Waals surface area contributed by atoms with Gasteiger partial charge in [-0.1, -0.05) is 0 Å². The minimum atomic E-state index is -3.40. The molecule has 0 saturated heterocycles. The Bertz CT molecular complexity index is 237. The Balaban J connectivity index is 5.93. The van der Waals surface area contributed by atoms with E-state index in [4.69, 9.17) is 17.6 Å². The van der Waals surface area contributed by atoms with Crippen molar-refractivity contribution in [1.29, 1.82) is 5.26 Å². The Labute approximate surface area is 51.2 Å². The Hall–Kier alpha value is -0.510. The largest absolute Gasteiger partial charge is 0.198 e. The smallest absolute Gasteiger partial charge is 0.0680 e. The third-order valence-electron chi connectivity index (χ3n) is 0.168. The summed E-state index contributed by atoms with van der Waals surface area (Å²) < 4.78 is 62.5. The second kappa shape index (κ2) is 1.30. The van der Waals surface area contributed by atoms with Crippen LogP contribution in [0, 0.1) is 16.7 Å². The van der Waals surface area contributed by atoms with Gasteiger partial charge in [0.1, 0.15) is 0 Å². The van der Waals surface area contributed by atoms with E-state index in [1.807, 2.05) is 0 Å². The fourth-order valence-electron chi connectivity index (χ4n) is 0. The van der Waals surface area contributed by atoms with E-state index >= 15 is 0 Å². The molecule has 0 aliphatic rings. The molecule has 0 aromatic heterocycles. The predicted molar refractivity (Wildman–Crippen MR) is 25.1 cm³/mol. The number of hydrogen-bond acceptors (Lipinski definition) is 1. The highest BCUT2D eigenvalue weighted by Gasteiger charge is 2.04. The molecular weight excluding hydrogens is 74.1 g/mol. The molecule has 1 heteroatoms. The number of hydrogen-bond donors (Lipinski definition) is 0. The maximum absolute atomic E-state index is 8.65. The van der Waals surface area contributed by atoms with Crippen molar-refractivity contribution >= 4 is 0 Å². The van der Waals surface area contributed by atoms with Gasteiger partial charge in [-0.05, 0) is 20.6 Å². The first-order chi connectivity index (χ1) is 6.31. The zero-order valence-electron chi connectivity index (χ0n) is 11.9. The van der Waals surface area contributed by atoms with E-state index in [-0.39, 0.29) is 0 Å². The first kappa shape index (κ1) is 0.608. The first-order valence-corrected chi connectivity index (χ1v) is 1.22. The topological polar surface area (TPSA) is 23.8 Å². The molecule has 0 radical (unpaired) electrons. The molecule has 0 bridgehead atoms. The Kier molecular flexibility index (Phi) is 0.132. The molecule has 0 aliphatic carbocycles. The van der Waals surface area contributed by atoms with Gasteiger partial charge in [-0.2, -0.15) is 5.26 Å². The summed E-state index contributed by atoms with van der Waals surface area (Å²) in [6.07, 6.45) is 0. The minimum Gasteiger partial charge on any atom is -0.198 e. The van der Waals surface area contributed by atoms with Crippen molar-refractivity contribution in [1.82, 2.24) is 0 Å². The van der Waals surface area contributed by atoms with Crippen LogP contribution in [0.15, 0.2) is 0 Å². The van der Waals surface area contributed by atoms with Crippen molar-refractivity contribution in [3.8, 4) is 6.07 Å². The quantitative estimate of drug-likeness (QED) is 0.445. The average molecular weight is 92.2 g/mol. The van der Waals surface area contributed by atoms with Gasteiger partial charge in [0.15, 0.2) is 0 Å². The van der Waals surface area contributed by atoms with Crippen LogP contribution < -0.4 is 0 Å². The van der Waals surface area contributed by atoms with Crippen LogP contribution in [0.5, 0.6) is 0 Å². The van der Waals surface area contributed by atoms with Gasteiger partial charge in [-0.25, -0.2) is 0 Å². The summed E-state index contributed by atoms with van der Waals surface area (Å²) in [5.74, 6) is 0. The van der Waals surface area contributed by atoms with Crippen LogP contribution in [0.25, 0.3) is 0 Å². The Morgan fingerprint density at radius 2 is 2.17 bits per heavy atom. The van der Waals surface area contributed by atoms with Crippen molar-refractivity contribution in [2.75, 3.05) is 0 Å². The molecule has 0 aliphatic heterocycles. The second-order valence-electron chi connectivity index (χ2n) is 0.862. The maximum atomic E-state index is 8.65. The van der Waals surface area contributed by atoms with Crippen LogP contribution in [0.3, 0.4) is 0 Å². The van der Waals surface area contributed by atoms with Gasteiger partial charge in [-0.15, -0.1) is 0 Å². The van der Waals surface area contributed by atoms with Gasteiger partial charge >= 0.3 is 0 Å². The highest BCUT2D eigenvalue weighted by Crippen LogP contribution is 2.08. The van der Waals surface area contributed by atoms with Crippen LogP contribution >= 0.6 is 0 Å². The zero-order chi connectivity index (χ0) is 12.7. The molecule has 0 N–H and O–H groups in total. The van der Waals surface area contributed by atoms with E-state index < -0.39 is 26.0 Å². The van der Waals surface area contributed by atoms with Crippen LogP contribution in [-0.2, 0) is 0 Å². The summed E-state index contributed by atoms with van der Waals surface area (Å²) in [6, 6.07) is 0.948. The fraction of sp³-hybridized carbons (Fsp3) is 0.800. The molecule has 0 aromatic rings.